The molecule has 3 nitrogen and oxygen atoms in total. The Morgan fingerprint density at radius 1 is 0.485 bits per heavy atom. The molecule has 0 N–H and O–H groups in total. The molecule has 3 aliphatic rings. The molecule has 0 aromatic carbocycles. The first-order valence-electron chi connectivity index (χ1n) is 14.5. The lowest BCUT2D eigenvalue weighted by Crippen LogP contribution is -2.35. The van der Waals surface area contributed by atoms with E-state index in [4.69, 9.17) is 0 Å². The Bertz CT molecular complexity index is 407. The SMILES string of the molecule is CC.CC.CC.CC(C)N1C=CCCC1.CC(C)N1CC=CCC1.CC(C)N1CCCCC1. The number of likely N-dealkylation sites (tertiary alicyclic amines) is 1. The number of rotatable bonds is 3. The van der Waals surface area contributed by atoms with Crippen LogP contribution in [-0.4, -0.2) is 65.5 Å². The summed E-state index contributed by atoms with van der Waals surface area (Å²) in [6.07, 6.45) is 17.1. The molecule has 1 fully saturated rings. The van der Waals surface area contributed by atoms with Crippen LogP contribution in [0.15, 0.2) is 24.4 Å². The Balaban J connectivity index is -0.000000367. The van der Waals surface area contributed by atoms with Gasteiger partial charge in [0.15, 0.2) is 0 Å². The van der Waals surface area contributed by atoms with E-state index >= 15 is 0 Å². The summed E-state index contributed by atoms with van der Waals surface area (Å²) < 4.78 is 0. The molecule has 3 heterocycles. The van der Waals surface area contributed by atoms with Crippen LogP contribution in [0.1, 0.15) is 122 Å². The van der Waals surface area contributed by atoms with Crippen LogP contribution in [0.3, 0.4) is 0 Å². The Morgan fingerprint density at radius 3 is 1.30 bits per heavy atom. The summed E-state index contributed by atoms with van der Waals surface area (Å²) in [6, 6.07) is 2.17. The summed E-state index contributed by atoms with van der Waals surface area (Å²) in [6.45, 7) is 31.8. The van der Waals surface area contributed by atoms with Crippen molar-refractivity contribution in [1.29, 1.82) is 0 Å². The summed E-state index contributed by atoms with van der Waals surface area (Å²) in [5.74, 6) is 0. The average Bonchev–Trinajstić information content (AvgIpc) is 2.90. The van der Waals surface area contributed by atoms with Gasteiger partial charge in [0.2, 0.25) is 0 Å². The summed E-state index contributed by atoms with van der Waals surface area (Å²) in [5, 5.41) is 0. The van der Waals surface area contributed by atoms with Gasteiger partial charge < -0.3 is 9.80 Å². The molecule has 0 atom stereocenters. The minimum absolute atomic E-state index is 0.682. The van der Waals surface area contributed by atoms with Crippen molar-refractivity contribution in [2.45, 2.75) is 140 Å². The second-order valence-electron chi connectivity index (χ2n) is 8.90. The predicted molar refractivity (Wildman–Crippen MR) is 155 cm³/mol. The quantitative estimate of drug-likeness (QED) is 0.384. The van der Waals surface area contributed by atoms with Crippen molar-refractivity contribution in [3.05, 3.63) is 24.4 Å². The van der Waals surface area contributed by atoms with Crippen molar-refractivity contribution in [3.8, 4) is 0 Å². The van der Waals surface area contributed by atoms with Crippen molar-refractivity contribution >= 4 is 0 Å². The zero-order valence-electron chi connectivity index (χ0n) is 25.2. The maximum absolute atomic E-state index is 2.56. The number of piperidine rings is 1. The molecule has 1 saturated heterocycles. The Morgan fingerprint density at radius 2 is 1.03 bits per heavy atom. The van der Waals surface area contributed by atoms with E-state index in [0.29, 0.717) is 6.04 Å². The highest BCUT2D eigenvalue weighted by atomic mass is 15.1. The van der Waals surface area contributed by atoms with Crippen molar-refractivity contribution in [2.24, 2.45) is 0 Å². The van der Waals surface area contributed by atoms with Gasteiger partial charge in [0.05, 0.1) is 0 Å². The molecule has 0 aromatic rings. The van der Waals surface area contributed by atoms with E-state index < -0.39 is 0 Å². The predicted octanol–water partition coefficient (Wildman–Crippen LogP) is 8.62. The summed E-state index contributed by atoms with van der Waals surface area (Å²) in [4.78, 5) is 7.41. The third-order valence-electron chi connectivity index (χ3n) is 5.69. The molecule has 3 rings (SSSR count). The zero-order chi connectivity index (χ0) is 26.1. The minimum atomic E-state index is 0.682. The van der Waals surface area contributed by atoms with Crippen molar-refractivity contribution in [2.75, 3.05) is 32.7 Å². The number of hydrogen-bond donors (Lipinski definition) is 0. The highest BCUT2D eigenvalue weighted by Crippen LogP contribution is 2.11. The fourth-order valence-electron chi connectivity index (χ4n) is 3.67. The van der Waals surface area contributed by atoms with Gasteiger partial charge in [-0.05, 0) is 92.9 Å². The van der Waals surface area contributed by atoms with Gasteiger partial charge in [0.25, 0.3) is 0 Å². The molecule has 0 spiro atoms. The van der Waals surface area contributed by atoms with Crippen molar-refractivity contribution in [3.63, 3.8) is 0 Å². The Kier molecular flexibility index (Phi) is 30.6. The average molecular weight is 468 g/mol. The molecule has 0 aromatic heterocycles. The van der Waals surface area contributed by atoms with Gasteiger partial charge in [-0.3, -0.25) is 4.90 Å². The number of nitrogens with zero attached hydrogens (tertiary/aromatic N) is 3. The minimum Gasteiger partial charge on any atom is -0.375 e. The molecule has 3 aliphatic heterocycles. The molecule has 3 heteroatoms. The van der Waals surface area contributed by atoms with Gasteiger partial charge >= 0.3 is 0 Å². The molecular formula is C30H65N3. The second kappa shape index (κ2) is 27.4. The van der Waals surface area contributed by atoms with Crippen LogP contribution in [0, 0.1) is 0 Å². The highest BCUT2D eigenvalue weighted by molar-refractivity contribution is 4.91. The standard InChI is InChI=1S/C8H17N.2C8H15N.3C2H6/c3*1-8(2)9-6-4-3-5-7-9;3*1-2/h8H,3-7H2,1-2H3;4,6,8H,3,5,7H2,1-2H3;3-4,8H,5-7H2,1-2H3;3*1-2H3. The van der Waals surface area contributed by atoms with Crippen molar-refractivity contribution in [1.82, 2.24) is 14.7 Å². The zero-order valence-corrected chi connectivity index (χ0v) is 25.2. The maximum atomic E-state index is 2.56. The molecular weight excluding hydrogens is 402 g/mol. The molecule has 200 valence electrons. The molecule has 0 aliphatic carbocycles. The first-order valence-corrected chi connectivity index (χ1v) is 14.5. The van der Waals surface area contributed by atoms with Crippen LogP contribution in [0.25, 0.3) is 0 Å². The Hall–Kier alpha value is -0.800. The van der Waals surface area contributed by atoms with Gasteiger partial charge in [-0.25, -0.2) is 0 Å². The summed E-state index contributed by atoms with van der Waals surface area (Å²) in [5.41, 5.74) is 0. The van der Waals surface area contributed by atoms with E-state index in [-0.39, 0.29) is 0 Å². The van der Waals surface area contributed by atoms with E-state index in [1.807, 2.05) is 41.5 Å². The van der Waals surface area contributed by atoms with Crippen molar-refractivity contribution < 1.29 is 0 Å². The van der Waals surface area contributed by atoms with Crippen LogP contribution in [0.2, 0.25) is 0 Å². The van der Waals surface area contributed by atoms with Crippen LogP contribution < -0.4 is 0 Å². The first kappa shape index (κ1) is 36.8. The lowest BCUT2D eigenvalue weighted by atomic mass is 10.1. The molecule has 0 saturated carbocycles. The largest absolute Gasteiger partial charge is 0.375 e. The first-order chi connectivity index (χ1) is 15.9. The van der Waals surface area contributed by atoms with Gasteiger partial charge in [0, 0.05) is 37.8 Å². The van der Waals surface area contributed by atoms with Crippen LogP contribution in [0.5, 0.6) is 0 Å². The van der Waals surface area contributed by atoms with E-state index in [2.05, 4.69) is 80.7 Å². The number of hydrogen-bond acceptors (Lipinski definition) is 3. The molecule has 0 bridgehead atoms. The fourth-order valence-corrected chi connectivity index (χ4v) is 3.67. The van der Waals surface area contributed by atoms with E-state index in [1.165, 1.54) is 64.7 Å². The molecule has 0 radical (unpaired) electrons. The van der Waals surface area contributed by atoms with Crippen LogP contribution in [-0.2, 0) is 0 Å². The monoisotopic (exact) mass is 468 g/mol. The third-order valence-corrected chi connectivity index (χ3v) is 5.69. The highest BCUT2D eigenvalue weighted by Gasteiger charge is 2.11. The lowest BCUT2D eigenvalue weighted by Gasteiger charge is -2.29. The Labute approximate surface area is 211 Å². The third kappa shape index (κ3) is 21.5. The normalized spacial score (nSPS) is 17.8. The van der Waals surface area contributed by atoms with E-state index in [9.17, 15) is 0 Å². The maximum Gasteiger partial charge on any atom is 0.0227 e. The van der Waals surface area contributed by atoms with Gasteiger partial charge in [-0.1, -0.05) is 66.2 Å². The smallest absolute Gasteiger partial charge is 0.0227 e. The molecule has 33 heavy (non-hydrogen) atoms. The van der Waals surface area contributed by atoms with Crippen LogP contribution >= 0.6 is 0 Å². The molecule has 0 amide bonds. The second-order valence-corrected chi connectivity index (χ2v) is 8.90. The lowest BCUT2D eigenvalue weighted by molar-refractivity contribution is 0.185. The topological polar surface area (TPSA) is 9.72 Å². The summed E-state index contributed by atoms with van der Waals surface area (Å²) in [7, 11) is 0. The van der Waals surface area contributed by atoms with E-state index in [0.717, 1.165) is 18.6 Å². The van der Waals surface area contributed by atoms with Gasteiger partial charge in [0.1, 0.15) is 0 Å². The summed E-state index contributed by atoms with van der Waals surface area (Å²) >= 11 is 0. The number of allylic oxidation sites excluding steroid dienone is 1. The fraction of sp³-hybridized carbons (Fsp3) is 0.867. The van der Waals surface area contributed by atoms with E-state index in [1.54, 1.807) is 0 Å². The molecule has 0 unspecified atom stereocenters. The van der Waals surface area contributed by atoms with Gasteiger partial charge in [-0.2, -0.15) is 0 Å². The van der Waals surface area contributed by atoms with Crippen LogP contribution in [0.4, 0.5) is 0 Å². The van der Waals surface area contributed by atoms with Gasteiger partial charge in [-0.15, -0.1) is 0 Å².